The van der Waals surface area contributed by atoms with Crippen molar-refractivity contribution in [1.29, 1.82) is 0 Å². The summed E-state index contributed by atoms with van der Waals surface area (Å²) in [6.45, 7) is 0.905. The monoisotopic (exact) mass is 511 g/mol. The zero-order valence-electron chi connectivity index (χ0n) is 19.7. The van der Waals surface area contributed by atoms with Gasteiger partial charge in [0.2, 0.25) is 11.8 Å². The van der Waals surface area contributed by atoms with Crippen molar-refractivity contribution >= 4 is 34.9 Å². The van der Waals surface area contributed by atoms with Gasteiger partial charge in [-0.25, -0.2) is 4.39 Å². The standard InChI is InChI=1S/C26H26FN3O5S/c1-35-15-14-28(25(31)13-8-20-6-11-23(12-7-20)30(33)34)19-26(32)29(18-24-3-2-16-36-24)17-21-4-9-22(27)10-5-21/h2-13,16H,14-15,17-19H2,1H3. The van der Waals surface area contributed by atoms with Crippen molar-refractivity contribution in [1.82, 2.24) is 9.80 Å². The Morgan fingerprint density at radius 2 is 1.78 bits per heavy atom. The van der Waals surface area contributed by atoms with E-state index in [0.717, 1.165) is 10.4 Å². The van der Waals surface area contributed by atoms with Crippen molar-refractivity contribution in [3.63, 3.8) is 0 Å². The summed E-state index contributed by atoms with van der Waals surface area (Å²) in [5.41, 5.74) is 1.34. The largest absolute Gasteiger partial charge is 0.383 e. The van der Waals surface area contributed by atoms with Crippen molar-refractivity contribution < 1.29 is 23.6 Å². The third kappa shape index (κ3) is 8.10. The van der Waals surface area contributed by atoms with Gasteiger partial charge in [-0.15, -0.1) is 11.3 Å². The van der Waals surface area contributed by atoms with E-state index in [9.17, 15) is 24.1 Å². The minimum absolute atomic E-state index is 0.0437. The number of nitrogens with zero attached hydrogens (tertiary/aromatic N) is 3. The molecular formula is C26H26FN3O5S. The number of non-ortho nitro benzene ring substituents is 1. The molecule has 0 saturated carbocycles. The Hall–Kier alpha value is -3.89. The zero-order valence-corrected chi connectivity index (χ0v) is 20.5. The Morgan fingerprint density at radius 1 is 1.06 bits per heavy atom. The van der Waals surface area contributed by atoms with Crippen LogP contribution in [0.5, 0.6) is 0 Å². The van der Waals surface area contributed by atoms with E-state index in [1.165, 1.54) is 71.9 Å². The molecule has 0 unspecified atom stereocenters. The number of benzene rings is 2. The van der Waals surface area contributed by atoms with Gasteiger partial charge in [0.25, 0.3) is 5.69 Å². The summed E-state index contributed by atoms with van der Waals surface area (Å²) in [6.07, 6.45) is 2.87. The molecule has 0 aliphatic heterocycles. The summed E-state index contributed by atoms with van der Waals surface area (Å²) >= 11 is 1.52. The van der Waals surface area contributed by atoms with Gasteiger partial charge in [-0.2, -0.15) is 0 Å². The van der Waals surface area contributed by atoms with E-state index in [1.54, 1.807) is 17.0 Å². The van der Waals surface area contributed by atoms with Gasteiger partial charge in [0.1, 0.15) is 12.4 Å². The summed E-state index contributed by atoms with van der Waals surface area (Å²) in [7, 11) is 1.51. The van der Waals surface area contributed by atoms with E-state index < -0.39 is 10.8 Å². The molecule has 8 nitrogen and oxygen atoms in total. The number of methoxy groups -OCH3 is 1. The number of carbonyl (C=O) groups excluding carboxylic acids is 2. The Bertz CT molecular complexity index is 1180. The van der Waals surface area contributed by atoms with Crippen LogP contribution in [0.3, 0.4) is 0 Å². The molecule has 0 saturated heterocycles. The molecule has 1 aromatic heterocycles. The minimum atomic E-state index is -0.495. The number of hydrogen-bond acceptors (Lipinski definition) is 6. The van der Waals surface area contributed by atoms with Crippen LogP contribution in [0, 0.1) is 15.9 Å². The number of rotatable bonds is 12. The molecule has 2 amide bonds. The lowest BCUT2D eigenvalue weighted by atomic mass is 10.2. The van der Waals surface area contributed by atoms with E-state index in [0.29, 0.717) is 12.1 Å². The van der Waals surface area contributed by atoms with Crippen molar-refractivity contribution in [2.75, 3.05) is 26.8 Å². The first-order valence-corrected chi connectivity index (χ1v) is 12.0. The lowest BCUT2D eigenvalue weighted by molar-refractivity contribution is -0.384. The van der Waals surface area contributed by atoms with Gasteiger partial charge in [0.15, 0.2) is 0 Å². The second kappa shape index (κ2) is 13.3. The maximum absolute atomic E-state index is 13.3. The van der Waals surface area contributed by atoms with Crippen molar-refractivity contribution in [3.05, 3.63) is 104 Å². The van der Waals surface area contributed by atoms with Crippen LogP contribution in [0.4, 0.5) is 10.1 Å². The van der Waals surface area contributed by atoms with Crippen molar-refractivity contribution in [2.45, 2.75) is 13.1 Å². The highest BCUT2D eigenvalue weighted by atomic mass is 32.1. The zero-order chi connectivity index (χ0) is 25.9. The summed E-state index contributed by atoms with van der Waals surface area (Å²) in [6, 6.07) is 15.6. The number of nitro groups is 1. The van der Waals surface area contributed by atoms with E-state index in [4.69, 9.17) is 4.74 Å². The lowest BCUT2D eigenvalue weighted by Gasteiger charge is -2.27. The molecule has 3 rings (SSSR count). The summed E-state index contributed by atoms with van der Waals surface area (Å²) in [5.74, 6) is -1.01. The quantitative estimate of drug-likeness (QED) is 0.203. The molecule has 0 atom stereocenters. The third-order valence-corrected chi connectivity index (χ3v) is 6.15. The second-order valence-corrected chi connectivity index (χ2v) is 8.92. The van der Waals surface area contributed by atoms with E-state index in [-0.39, 0.29) is 43.7 Å². The molecule has 1 heterocycles. The Morgan fingerprint density at radius 3 is 2.39 bits per heavy atom. The highest BCUT2D eigenvalue weighted by molar-refractivity contribution is 7.09. The number of ether oxygens (including phenoxy) is 1. The van der Waals surface area contributed by atoms with Crippen molar-refractivity contribution in [2.24, 2.45) is 0 Å². The van der Waals surface area contributed by atoms with Crippen LogP contribution in [-0.2, 0) is 27.4 Å². The van der Waals surface area contributed by atoms with Gasteiger partial charge in [-0.1, -0.05) is 18.2 Å². The molecular weight excluding hydrogens is 485 g/mol. The Labute approximate surface area is 212 Å². The van der Waals surface area contributed by atoms with Crippen LogP contribution < -0.4 is 0 Å². The molecule has 0 aliphatic rings. The normalized spacial score (nSPS) is 10.9. The number of halogens is 1. The molecule has 0 fully saturated rings. The fourth-order valence-electron chi connectivity index (χ4n) is 3.35. The fourth-order valence-corrected chi connectivity index (χ4v) is 4.06. The maximum atomic E-state index is 13.3. The highest BCUT2D eigenvalue weighted by Crippen LogP contribution is 2.16. The predicted molar refractivity (Wildman–Crippen MR) is 136 cm³/mol. The SMILES string of the molecule is COCCN(CC(=O)N(Cc1ccc(F)cc1)Cc1cccs1)C(=O)C=Cc1ccc([N+](=O)[O-])cc1. The van der Waals surface area contributed by atoms with Crippen molar-refractivity contribution in [3.8, 4) is 0 Å². The van der Waals surface area contributed by atoms with E-state index in [2.05, 4.69) is 0 Å². The molecule has 36 heavy (non-hydrogen) atoms. The fraction of sp³-hybridized carbons (Fsp3) is 0.231. The molecule has 0 radical (unpaired) electrons. The molecule has 2 aromatic carbocycles. The number of carbonyl (C=O) groups is 2. The van der Waals surface area contributed by atoms with Crippen LogP contribution in [0.2, 0.25) is 0 Å². The Balaban J connectivity index is 1.73. The first-order chi connectivity index (χ1) is 17.4. The first kappa shape index (κ1) is 26.7. The molecule has 3 aromatic rings. The number of hydrogen-bond donors (Lipinski definition) is 0. The average molecular weight is 512 g/mol. The average Bonchev–Trinajstić information content (AvgIpc) is 3.39. The summed E-state index contributed by atoms with van der Waals surface area (Å²) in [4.78, 5) is 40.6. The van der Waals surface area contributed by atoms with Gasteiger partial charge < -0.3 is 14.5 Å². The molecule has 188 valence electrons. The lowest BCUT2D eigenvalue weighted by Crippen LogP contribution is -2.43. The van der Waals surface area contributed by atoms with Crippen LogP contribution in [0.15, 0.2) is 72.1 Å². The van der Waals surface area contributed by atoms with E-state index in [1.807, 2.05) is 17.5 Å². The number of amides is 2. The van der Waals surface area contributed by atoms with Crippen LogP contribution >= 0.6 is 11.3 Å². The van der Waals surface area contributed by atoms with Crippen LogP contribution in [0.1, 0.15) is 16.0 Å². The first-order valence-electron chi connectivity index (χ1n) is 11.1. The Kier molecular flexibility index (Phi) is 9.84. The van der Waals surface area contributed by atoms with Crippen LogP contribution in [0.25, 0.3) is 6.08 Å². The van der Waals surface area contributed by atoms with Gasteiger partial charge in [0, 0.05) is 43.3 Å². The third-order valence-electron chi connectivity index (χ3n) is 5.29. The maximum Gasteiger partial charge on any atom is 0.269 e. The van der Waals surface area contributed by atoms with Gasteiger partial charge in [-0.3, -0.25) is 19.7 Å². The van der Waals surface area contributed by atoms with Gasteiger partial charge >= 0.3 is 0 Å². The van der Waals surface area contributed by atoms with Crippen LogP contribution in [-0.4, -0.2) is 53.3 Å². The molecule has 0 N–H and O–H groups in total. The summed E-state index contributed by atoms with van der Waals surface area (Å²) < 4.78 is 18.5. The smallest absolute Gasteiger partial charge is 0.269 e. The number of thiophene rings is 1. The highest BCUT2D eigenvalue weighted by Gasteiger charge is 2.21. The minimum Gasteiger partial charge on any atom is -0.383 e. The molecule has 10 heteroatoms. The molecule has 0 spiro atoms. The van der Waals surface area contributed by atoms with Gasteiger partial charge in [-0.05, 0) is 52.9 Å². The van der Waals surface area contributed by atoms with Gasteiger partial charge in [0.05, 0.1) is 18.1 Å². The molecule has 0 aliphatic carbocycles. The number of nitro benzene ring substituents is 1. The topological polar surface area (TPSA) is 93.0 Å². The summed E-state index contributed by atoms with van der Waals surface area (Å²) in [5, 5.41) is 12.7. The predicted octanol–water partition coefficient (Wildman–Crippen LogP) is 4.51. The second-order valence-electron chi connectivity index (χ2n) is 7.89. The van der Waals surface area contributed by atoms with E-state index >= 15 is 0 Å². The molecule has 0 bridgehead atoms.